The van der Waals surface area contributed by atoms with Crippen molar-refractivity contribution in [3.63, 3.8) is 0 Å². The molecule has 9 heteroatoms. The van der Waals surface area contributed by atoms with Crippen LogP contribution in [0.25, 0.3) is 11.1 Å². The molecule has 0 bridgehead atoms. The second-order valence-electron chi connectivity index (χ2n) is 6.25. The summed E-state index contributed by atoms with van der Waals surface area (Å²) in [6, 6.07) is 6.43. The molecular weight excluding hydrogens is 364 g/mol. The monoisotopic (exact) mass is 384 g/mol. The number of hydrogen-bond acceptors (Lipinski definition) is 7. The number of fused-ring (bicyclic) bond motifs is 1. The van der Waals surface area contributed by atoms with E-state index in [1.807, 2.05) is 19.1 Å². The van der Waals surface area contributed by atoms with Crippen molar-refractivity contribution in [1.82, 2.24) is 14.7 Å². The van der Waals surface area contributed by atoms with Crippen LogP contribution in [-0.4, -0.2) is 33.2 Å². The Morgan fingerprint density at radius 3 is 2.68 bits per heavy atom. The lowest BCUT2D eigenvalue weighted by Crippen LogP contribution is -2.34. The van der Waals surface area contributed by atoms with Gasteiger partial charge >= 0.3 is 5.97 Å². The SMILES string of the molecule is CCOC(=O)c1noc2nc(C)n([C@H](C)C(=O)Nc3ccccc3C)c(=O)c12. The number of nitrogens with zero attached hydrogens (tertiary/aromatic N) is 3. The minimum atomic E-state index is -0.881. The Kier molecular flexibility index (Phi) is 5.25. The lowest BCUT2D eigenvalue weighted by molar-refractivity contribution is -0.118. The number of esters is 1. The smallest absolute Gasteiger partial charge is 0.361 e. The molecule has 0 spiro atoms. The van der Waals surface area contributed by atoms with Crippen LogP contribution in [0.2, 0.25) is 0 Å². The highest BCUT2D eigenvalue weighted by atomic mass is 16.5. The van der Waals surface area contributed by atoms with Gasteiger partial charge in [-0.25, -0.2) is 4.79 Å². The second-order valence-corrected chi connectivity index (χ2v) is 6.25. The summed E-state index contributed by atoms with van der Waals surface area (Å²) in [5.41, 5.74) is 0.614. The van der Waals surface area contributed by atoms with Crippen LogP contribution >= 0.6 is 0 Å². The average molecular weight is 384 g/mol. The van der Waals surface area contributed by atoms with Crippen LogP contribution in [0, 0.1) is 13.8 Å². The number of para-hydroxylation sites is 1. The van der Waals surface area contributed by atoms with Gasteiger partial charge in [-0.1, -0.05) is 23.4 Å². The van der Waals surface area contributed by atoms with Gasteiger partial charge in [0, 0.05) is 5.69 Å². The molecule has 0 aliphatic carbocycles. The van der Waals surface area contributed by atoms with E-state index in [0.29, 0.717) is 5.69 Å². The number of aromatic nitrogens is 3. The van der Waals surface area contributed by atoms with Gasteiger partial charge in [0.15, 0.2) is 0 Å². The van der Waals surface area contributed by atoms with Gasteiger partial charge in [0.2, 0.25) is 11.6 Å². The normalized spacial score (nSPS) is 12.0. The molecule has 0 saturated heterocycles. The van der Waals surface area contributed by atoms with E-state index in [-0.39, 0.29) is 29.2 Å². The van der Waals surface area contributed by atoms with Gasteiger partial charge in [-0.15, -0.1) is 0 Å². The van der Waals surface area contributed by atoms with Gasteiger partial charge < -0.3 is 14.6 Å². The first kappa shape index (κ1) is 19.3. The number of hydrogen-bond donors (Lipinski definition) is 1. The lowest BCUT2D eigenvalue weighted by Gasteiger charge is -2.17. The maximum atomic E-state index is 13.0. The standard InChI is InChI=1S/C19H20N4O5/c1-5-27-19(26)15-14-17(28-22-15)20-12(4)23(18(14)25)11(3)16(24)21-13-9-7-6-8-10(13)2/h6-9,11H,5H2,1-4H3,(H,21,24)/t11-/m1/s1. The quantitative estimate of drug-likeness (QED) is 0.671. The first-order valence-electron chi connectivity index (χ1n) is 8.77. The Hall–Kier alpha value is -3.49. The minimum absolute atomic E-state index is 0.0756. The van der Waals surface area contributed by atoms with E-state index < -0.39 is 23.5 Å². The van der Waals surface area contributed by atoms with Gasteiger partial charge in [-0.2, -0.15) is 4.98 Å². The summed E-state index contributed by atoms with van der Waals surface area (Å²) < 4.78 is 11.1. The zero-order chi connectivity index (χ0) is 20.4. The molecule has 0 radical (unpaired) electrons. The molecule has 0 aliphatic rings. The van der Waals surface area contributed by atoms with Crippen LogP contribution in [0.1, 0.15) is 41.8 Å². The van der Waals surface area contributed by atoms with Crippen LogP contribution in [0.4, 0.5) is 5.69 Å². The van der Waals surface area contributed by atoms with E-state index >= 15 is 0 Å². The highest BCUT2D eigenvalue weighted by molar-refractivity contribution is 6.00. The highest BCUT2D eigenvalue weighted by Gasteiger charge is 2.27. The summed E-state index contributed by atoms with van der Waals surface area (Å²) in [6.07, 6.45) is 0. The van der Waals surface area contributed by atoms with Crippen molar-refractivity contribution in [2.45, 2.75) is 33.7 Å². The summed E-state index contributed by atoms with van der Waals surface area (Å²) in [6.45, 7) is 6.78. The Morgan fingerprint density at radius 2 is 2.00 bits per heavy atom. The number of carbonyl (C=O) groups excluding carboxylic acids is 2. The third-order valence-corrected chi connectivity index (χ3v) is 4.36. The summed E-state index contributed by atoms with van der Waals surface area (Å²) >= 11 is 0. The molecule has 2 aromatic heterocycles. The van der Waals surface area contributed by atoms with Crippen molar-refractivity contribution in [1.29, 1.82) is 0 Å². The van der Waals surface area contributed by atoms with Crippen LogP contribution in [0.15, 0.2) is 33.6 Å². The summed E-state index contributed by atoms with van der Waals surface area (Å²) in [5, 5.41) is 6.31. The van der Waals surface area contributed by atoms with Crippen LogP contribution in [-0.2, 0) is 9.53 Å². The topological polar surface area (TPSA) is 116 Å². The van der Waals surface area contributed by atoms with Crippen LogP contribution in [0.5, 0.6) is 0 Å². The van der Waals surface area contributed by atoms with E-state index in [1.165, 1.54) is 4.57 Å². The van der Waals surface area contributed by atoms with E-state index in [2.05, 4.69) is 15.5 Å². The van der Waals surface area contributed by atoms with Crippen LogP contribution in [0.3, 0.4) is 0 Å². The third-order valence-electron chi connectivity index (χ3n) is 4.36. The first-order valence-corrected chi connectivity index (χ1v) is 8.77. The summed E-state index contributed by atoms with van der Waals surface area (Å²) in [5.74, 6) is -0.918. The molecule has 28 heavy (non-hydrogen) atoms. The van der Waals surface area contributed by atoms with Crippen molar-refractivity contribution in [3.05, 3.63) is 51.7 Å². The van der Waals surface area contributed by atoms with Gasteiger partial charge in [-0.05, 0) is 39.3 Å². The first-order chi connectivity index (χ1) is 13.3. The largest absolute Gasteiger partial charge is 0.461 e. The molecule has 1 amide bonds. The van der Waals surface area contributed by atoms with Crippen molar-refractivity contribution < 1.29 is 18.8 Å². The fraction of sp³-hybridized carbons (Fsp3) is 0.316. The predicted octanol–water partition coefficient (Wildman–Crippen LogP) is 2.38. The molecule has 0 unspecified atom stereocenters. The zero-order valence-electron chi connectivity index (χ0n) is 16.0. The molecule has 0 fully saturated rings. The molecule has 1 atom stereocenters. The molecule has 9 nitrogen and oxygen atoms in total. The molecule has 3 rings (SSSR count). The number of carbonyl (C=O) groups is 2. The molecule has 2 heterocycles. The van der Waals surface area contributed by atoms with Gasteiger partial charge in [0.25, 0.3) is 11.3 Å². The molecule has 1 N–H and O–H groups in total. The fourth-order valence-electron chi connectivity index (χ4n) is 2.88. The number of benzene rings is 1. The Bertz CT molecular complexity index is 1120. The Balaban J connectivity index is 2.03. The molecular formula is C19H20N4O5. The zero-order valence-corrected chi connectivity index (χ0v) is 16.0. The number of rotatable bonds is 5. The Labute approximate surface area is 160 Å². The maximum absolute atomic E-state index is 13.0. The maximum Gasteiger partial charge on any atom is 0.361 e. The van der Waals surface area contributed by atoms with E-state index in [4.69, 9.17) is 9.26 Å². The van der Waals surface area contributed by atoms with Crippen LogP contribution < -0.4 is 10.9 Å². The molecule has 1 aromatic carbocycles. The molecule has 3 aromatic rings. The predicted molar refractivity (Wildman–Crippen MR) is 101 cm³/mol. The number of ether oxygens (including phenoxy) is 1. The average Bonchev–Trinajstić information content (AvgIpc) is 3.07. The number of nitrogens with one attached hydrogen (secondary N) is 1. The number of anilines is 1. The van der Waals surface area contributed by atoms with E-state index in [1.54, 1.807) is 32.9 Å². The molecule has 0 saturated carbocycles. The minimum Gasteiger partial charge on any atom is -0.461 e. The molecule has 146 valence electrons. The van der Waals surface area contributed by atoms with E-state index in [9.17, 15) is 14.4 Å². The molecule has 0 aliphatic heterocycles. The Morgan fingerprint density at radius 1 is 1.29 bits per heavy atom. The summed E-state index contributed by atoms with van der Waals surface area (Å²) in [4.78, 5) is 42.0. The fourth-order valence-corrected chi connectivity index (χ4v) is 2.88. The third kappa shape index (κ3) is 3.38. The van der Waals surface area contributed by atoms with Crippen molar-refractivity contribution in [3.8, 4) is 0 Å². The van der Waals surface area contributed by atoms with Gasteiger partial charge in [0.05, 0.1) is 6.61 Å². The van der Waals surface area contributed by atoms with E-state index in [0.717, 1.165) is 5.56 Å². The number of aryl methyl sites for hydroxylation is 2. The van der Waals surface area contributed by atoms with Gasteiger partial charge in [0.1, 0.15) is 17.3 Å². The van der Waals surface area contributed by atoms with Crippen molar-refractivity contribution in [2.75, 3.05) is 11.9 Å². The van der Waals surface area contributed by atoms with Crippen molar-refractivity contribution >= 4 is 28.7 Å². The lowest BCUT2D eigenvalue weighted by atomic mass is 10.2. The highest BCUT2D eigenvalue weighted by Crippen LogP contribution is 2.19. The van der Waals surface area contributed by atoms with Crippen molar-refractivity contribution in [2.24, 2.45) is 0 Å². The van der Waals surface area contributed by atoms with Gasteiger partial charge in [-0.3, -0.25) is 14.2 Å². The summed E-state index contributed by atoms with van der Waals surface area (Å²) in [7, 11) is 0. The number of amides is 1. The second kappa shape index (κ2) is 7.63.